The molecule has 0 fully saturated rings. The number of nitrogens with zero attached hydrogens (tertiary/aromatic N) is 2. The van der Waals surface area contributed by atoms with Crippen molar-refractivity contribution in [2.45, 2.75) is 31.4 Å². The van der Waals surface area contributed by atoms with Gasteiger partial charge in [-0.05, 0) is 57.5 Å². The molecule has 9 nitrogen and oxygen atoms in total. The van der Waals surface area contributed by atoms with E-state index < -0.39 is 57.9 Å². The van der Waals surface area contributed by atoms with Crippen LogP contribution in [-0.4, -0.2) is 84.5 Å². The highest BCUT2D eigenvalue weighted by Crippen LogP contribution is 2.53. The van der Waals surface area contributed by atoms with Crippen LogP contribution in [0.15, 0.2) is 34.8 Å². The number of aliphatic hydroxyl groups is 3. The first kappa shape index (κ1) is 24.0. The van der Waals surface area contributed by atoms with Crippen LogP contribution >= 0.6 is 0 Å². The maximum absolute atomic E-state index is 13.8. The minimum Gasteiger partial charge on any atom is -0.510 e. The lowest BCUT2D eigenvalue weighted by molar-refractivity contribution is -0.148. The van der Waals surface area contributed by atoms with E-state index in [1.807, 2.05) is 25.1 Å². The van der Waals surface area contributed by atoms with Crippen molar-refractivity contribution in [1.29, 1.82) is 0 Å². The Morgan fingerprint density at radius 3 is 2.32 bits per heavy atom. The molecule has 0 saturated carbocycles. The van der Waals surface area contributed by atoms with E-state index in [-0.39, 0.29) is 17.6 Å². The number of hydrogen-bond acceptors (Lipinski definition) is 9. The monoisotopic (exact) mass is 470 g/mol. The summed E-state index contributed by atoms with van der Waals surface area (Å²) in [6.07, 6.45) is 0.519. The predicted molar refractivity (Wildman–Crippen MR) is 124 cm³/mol. The summed E-state index contributed by atoms with van der Waals surface area (Å²) < 4.78 is 5.43. The lowest BCUT2D eigenvalue weighted by Gasteiger charge is -2.50. The summed E-state index contributed by atoms with van der Waals surface area (Å²) in [5.41, 5.74) is -1.24. The average Bonchev–Trinajstić information content (AvgIpc) is 2.74. The van der Waals surface area contributed by atoms with E-state index >= 15 is 0 Å². The minimum absolute atomic E-state index is 0.0457. The summed E-state index contributed by atoms with van der Waals surface area (Å²) in [6, 6.07) is 2.63. The van der Waals surface area contributed by atoms with Gasteiger partial charge in [-0.3, -0.25) is 19.3 Å². The number of likely N-dealkylation sites (N-methyl/N-ethyl adjacent to an activating group) is 1. The molecule has 9 heteroatoms. The zero-order valence-corrected chi connectivity index (χ0v) is 20.2. The van der Waals surface area contributed by atoms with E-state index in [1.165, 1.54) is 7.11 Å². The molecule has 4 atom stereocenters. The third kappa shape index (κ3) is 3.03. The number of ketones is 3. The fourth-order valence-electron chi connectivity index (χ4n) is 5.91. The highest BCUT2D eigenvalue weighted by molar-refractivity contribution is 6.25. The second kappa shape index (κ2) is 7.95. The summed E-state index contributed by atoms with van der Waals surface area (Å²) in [7, 11) is 8.48. The fraction of sp³-hybridized carbons (Fsp3) is 0.480. The van der Waals surface area contributed by atoms with Gasteiger partial charge >= 0.3 is 0 Å². The van der Waals surface area contributed by atoms with Crippen molar-refractivity contribution < 1.29 is 34.4 Å². The molecule has 3 aliphatic rings. The van der Waals surface area contributed by atoms with Crippen LogP contribution in [0.3, 0.4) is 0 Å². The van der Waals surface area contributed by atoms with Crippen molar-refractivity contribution in [3.8, 4) is 5.75 Å². The summed E-state index contributed by atoms with van der Waals surface area (Å²) in [4.78, 5) is 42.9. The molecule has 0 aromatic heterocycles. The number of Topliss-reactive ketones (excluding diaryl/α,β-unsaturated/α-hetero) is 3. The number of carbonyl (C=O) groups excluding carboxylic acids is 3. The molecule has 1 aromatic carbocycles. The highest BCUT2D eigenvalue weighted by Gasteiger charge is 2.63. The Labute approximate surface area is 197 Å². The van der Waals surface area contributed by atoms with Crippen molar-refractivity contribution in [2.75, 3.05) is 40.2 Å². The van der Waals surface area contributed by atoms with Gasteiger partial charge < -0.3 is 25.0 Å². The molecule has 1 aromatic rings. The van der Waals surface area contributed by atoms with Gasteiger partial charge in [-0.1, -0.05) is 0 Å². The molecule has 0 heterocycles. The molecule has 0 bridgehead atoms. The molecule has 0 radical (unpaired) electrons. The van der Waals surface area contributed by atoms with Gasteiger partial charge in [0.1, 0.15) is 22.8 Å². The molecular weight excluding hydrogens is 440 g/mol. The van der Waals surface area contributed by atoms with Crippen LogP contribution < -0.4 is 9.64 Å². The second-order valence-corrected chi connectivity index (χ2v) is 9.69. The number of benzene rings is 1. The maximum Gasteiger partial charge on any atom is 0.209 e. The van der Waals surface area contributed by atoms with Gasteiger partial charge in [-0.2, -0.15) is 0 Å². The molecule has 0 amide bonds. The Kier molecular flexibility index (Phi) is 5.61. The lowest BCUT2D eigenvalue weighted by Crippen LogP contribution is -2.63. The zero-order valence-electron chi connectivity index (χ0n) is 20.2. The molecule has 0 saturated heterocycles. The Morgan fingerprint density at radius 1 is 1.15 bits per heavy atom. The standard InChI is InChI=1S/C25H30N2O7/c1-11(28)17-22(30)20(27(4)5)14-10-12-9-13-15(26(2)3)7-8-16(34-6)19(13)21(29)18(12)24(32)25(14,33)23(17)31/h7-8,12,14,20,30,32-33H,9-10H2,1-6H3. The van der Waals surface area contributed by atoms with Crippen molar-refractivity contribution >= 4 is 23.0 Å². The summed E-state index contributed by atoms with van der Waals surface area (Å²) >= 11 is 0. The van der Waals surface area contributed by atoms with Crippen molar-refractivity contribution in [3.05, 3.63) is 45.9 Å². The average molecular weight is 471 g/mol. The van der Waals surface area contributed by atoms with Gasteiger partial charge in [-0.25, -0.2) is 0 Å². The number of rotatable bonds is 4. The number of carbonyl (C=O) groups is 3. The molecule has 0 aliphatic heterocycles. The summed E-state index contributed by atoms with van der Waals surface area (Å²) in [5, 5.41) is 33.9. The van der Waals surface area contributed by atoms with Crippen molar-refractivity contribution in [2.24, 2.45) is 11.8 Å². The highest BCUT2D eigenvalue weighted by atomic mass is 16.5. The van der Waals surface area contributed by atoms with Gasteiger partial charge in [0, 0.05) is 31.3 Å². The third-order valence-electron chi connectivity index (χ3n) is 7.37. The lowest BCUT2D eigenvalue weighted by atomic mass is 9.58. The van der Waals surface area contributed by atoms with Crippen LogP contribution in [0, 0.1) is 11.8 Å². The quantitative estimate of drug-likeness (QED) is 0.562. The molecule has 4 rings (SSSR count). The van der Waals surface area contributed by atoms with Crippen LogP contribution in [0.4, 0.5) is 5.69 Å². The number of hydrogen-bond donors (Lipinski definition) is 3. The van der Waals surface area contributed by atoms with E-state index in [9.17, 15) is 29.7 Å². The topological polar surface area (TPSA) is 128 Å². The number of ether oxygens (including phenoxy) is 1. The van der Waals surface area contributed by atoms with E-state index in [0.29, 0.717) is 12.2 Å². The predicted octanol–water partition coefficient (Wildman–Crippen LogP) is 1.59. The summed E-state index contributed by atoms with van der Waals surface area (Å²) in [5.74, 6) is -4.63. The number of aliphatic hydroxyl groups excluding tert-OH is 2. The number of fused-ring (bicyclic) bond motifs is 3. The van der Waals surface area contributed by atoms with Crippen LogP contribution in [0.25, 0.3) is 0 Å². The molecule has 4 unspecified atom stereocenters. The molecule has 0 spiro atoms. The number of anilines is 1. The Balaban J connectivity index is 1.98. The Bertz CT molecular complexity index is 1180. The normalized spacial score (nSPS) is 28.5. The number of allylic oxidation sites excluding steroid dienone is 1. The van der Waals surface area contributed by atoms with Crippen LogP contribution in [0.5, 0.6) is 5.75 Å². The minimum atomic E-state index is -2.51. The van der Waals surface area contributed by atoms with Crippen molar-refractivity contribution in [1.82, 2.24) is 4.90 Å². The largest absolute Gasteiger partial charge is 0.510 e. The van der Waals surface area contributed by atoms with Crippen LogP contribution in [0.2, 0.25) is 0 Å². The maximum atomic E-state index is 13.8. The first-order valence-corrected chi connectivity index (χ1v) is 11.1. The first-order valence-electron chi connectivity index (χ1n) is 11.1. The molecule has 34 heavy (non-hydrogen) atoms. The third-order valence-corrected chi connectivity index (χ3v) is 7.37. The van der Waals surface area contributed by atoms with Gasteiger partial charge in [0.2, 0.25) is 5.78 Å². The van der Waals surface area contributed by atoms with E-state index in [4.69, 9.17) is 4.74 Å². The van der Waals surface area contributed by atoms with Gasteiger partial charge in [-0.15, -0.1) is 0 Å². The van der Waals surface area contributed by atoms with E-state index in [1.54, 1.807) is 25.1 Å². The Morgan fingerprint density at radius 2 is 1.79 bits per heavy atom. The van der Waals surface area contributed by atoms with Crippen LogP contribution in [-0.2, 0) is 16.0 Å². The smallest absolute Gasteiger partial charge is 0.209 e. The van der Waals surface area contributed by atoms with Crippen LogP contribution in [0.1, 0.15) is 29.3 Å². The van der Waals surface area contributed by atoms with Gasteiger partial charge in [0.25, 0.3) is 0 Å². The fourth-order valence-corrected chi connectivity index (χ4v) is 5.91. The Hall–Kier alpha value is -3.17. The molecule has 182 valence electrons. The molecule has 3 aliphatic carbocycles. The summed E-state index contributed by atoms with van der Waals surface area (Å²) in [6.45, 7) is 1.12. The SMILES string of the molecule is COc1ccc(N(C)C)c2c1C(=O)C1=C(O)C3(O)C(=O)C(C(C)=O)=C(O)C(N(C)C)C3CC1C2. The first-order chi connectivity index (χ1) is 15.9. The molecular formula is C25H30N2O7. The number of methoxy groups -OCH3 is 1. The van der Waals surface area contributed by atoms with E-state index in [2.05, 4.69) is 0 Å². The van der Waals surface area contributed by atoms with Crippen molar-refractivity contribution in [3.63, 3.8) is 0 Å². The molecule has 3 N–H and O–H groups in total. The van der Waals surface area contributed by atoms with E-state index in [0.717, 1.165) is 18.2 Å². The zero-order chi connectivity index (χ0) is 25.3. The van der Waals surface area contributed by atoms with Gasteiger partial charge in [0.05, 0.1) is 18.7 Å². The van der Waals surface area contributed by atoms with Gasteiger partial charge in [0.15, 0.2) is 17.2 Å². The second-order valence-electron chi connectivity index (χ2n) is 9.69.